The van der Waals surface area contributed by atoms with E-state index in [0.29, 0.717) is 11.4 Å². The molecule has 1 heterocycles. The summed E-state index contributed by atoms with van der Waals surface area (Å²) >= 11 is 1.52. The molecule has 0 aliphatic heterocycles. The van der Waals surface area contributed by atoms with Crippen molar-refractivity contribution in [2.75, 3.05) is 6.54 Å². The van der Waals surface area contributed by atoms with E-state index >= 15 is 0 Å². The lowest BCUT2D eigenvalue weighted by atomic mass is 9.87. The van der Waals surface area contributed by atoms with E-state index in [-0.39, 0.29) is 11.9 Å². The highest BCUT2D eigenvalue weighted by Gasteiger charge is 2.24. The number of fused-ring (bicyclic) bond motifs is 1. The van der Waals surface area contributed by atoms with Gasteiger partial charge < -0.3 is 10.1 Å². The Hall–Kier alpha value is -1.36. The third-order valence-corrected chi connectivity index (χ3v) is 5.18. The van der Waals surface area contributed by atoms with E-state index in [1.54, 1.807) is 6.92 Å². The molecule has 116 valence electrons. The summed E-state index contributed by atoms with van der Waals surface area (Å²) in [4.78, 5) is 25.7. The van der Waals surface area contributed by atoms with E-state index in [2.05, 4.69) is 12.2 Å². The average Bonchev–Trinajstić information content (AvgIpc) is 2.90. The predicted octanol–water partition coefficient (Wildman–Crippen LogP) is 2.94. The molecule has 0 aromatic carbocycles. The molecule has 0 radical (unpaired) electrons. The summed E-state index contributed by atoms with van der Waals surface area (Å²) in [7, 11) is 0. The van der Waals surface area contributed by atoms with Crippen LogP contribution in [0.15, 0.2) is 6.07 Å². The minimum absolute atomic E-state index is 0.252. The number of ether oxygens (including phenoxy) is 1. The van der Waals surface area contributed by atoms with Crippen molar-refractivity contribution >= 4 is 23.2 Å². The minimum atomic E-state index is -0.750. The summed E-state index contributed by atoms with van der Waals surface area (Å²) in [6.07, 6.45) is 3.75. The molecule has 0 saturated carbocycles. The number of rotatable bonds is 5. The summed E-state index contributed by atoms with van der Waals surface area (Å²) in [6.45, 7) is 6.19. The van der Waals surface area contributed by atoms with Crippen molar-refractivity contribution in [1.29, 1.82) is 0 Å². The minimum Gasteiger partial charge on any atom is -0.448 e. The number of aryl methyl sites for hydroxylation is 1. The smallest absolute Gasteiger partial charge is 0.349 e. The monoisotopic (exact) mass is 309 g/mol. The molecule has 1 N–H and O–H groups in total. The molecule has 0 fully saturated rings. The van der Waals surface area contributed by atoms with Gasteiger partial charge in [-0.25, -0.2) is 4.79 Å². The zero-order valence-electron chi connectivity index (χ0n) is 12.9. The molecule has 2 rings (SSSR count). The number of amides is 1. The van der Waals surface area contributed by atoms with Gasteiger partial charge in [0, 0.05) is 11.4 Å². The first-order valence-corrected chi connectivity index (χ1v) is 8.47. The molecule has 1 aromatic rings. The summed E-state index contributed by atoms with van der Waals surface area (Å²) in [5.41, 5.74) is 1.29. The molecule has 1 aliphatic rings. The largest absolute Gasteiger partial charge is 0.448 e. The molecule has 21 heavy (non-hydrogen) atoms. The Kier molecular flexibility index (Phi) is 5.39. The zero-order chi connectivity index (χ0) is 15.4. The van der Waals surface area contributed by atoms with Crippen LogP contribution >= 0.6 is 11.3 Å². The molecule has 5 heteroatoms. The molecular weight excluding hydrogens is 286 g/mol. The molecule has 1 aliphatic carbocycles. The van der Waals surface area contributed by atoms with Crippen LogP contribution in [0, 0.1) is 5.92 Å². The lowest BCUT2D eigenvalue weighted by molar-refractivity contribution is -0.128. The fourth-order valence-electron chi connectivity index (χ4n) is 2.64. The van der Waals surface area contributed by atoms with Crippen LogP contribution in [0.5, 0.6) is 0 Å². The zero-order valence-corrected chi connectivity index (χ0v) is 13.7. The number of nitrogens with one attached hydrogen (secondary N) is 1. The number of thiophene rings is 1. The fourth-order valence-corrected chi connectivity index (χ4v) is 3.73. The highest BCUT2D eigenvalue weighted by molar-refractivity contribution is 7.14. The van der Waals surface area contributed by atoms with Gasteiger partial charge in [-0.1, -0.05) is 13.3 Å². The van der Waals surface area contributed by atoms with Gasteiger partial charge in [-0.15, -0.1) is 11.3 Å². The number of likely N-dealkylation sites (N-methyl/N-ethyl adjacent to an activating group) is 1. The van der Waals surface area contributed by atoms with E-state index in [9.17, 15) is 9.59 Å². The van der Waals surface area contributed by atoms with E-state index in [4.69, 9.17) is 4.74 Å². The summed E-state index contributed by atoms with van der Waals surface area (Å²) in [5.74, 6) is 0.0876. The van der Waals surface area contributed by atoms with Crippen LogP contribution in [-0.2, 0) is 22.4 Å². The molecule has 0 bridgehead atoms. The van der Waals surface area contributed by atoms with Crippen LogP contribution < -0.4 is 5.32 Å². The highest BCUT2D eigenvalue weighted by Crippen LogP contribution is 2.33. The van der Waals surface area contributed by atoms with Crippen LogP contribution in [0.25, 0.3) is 0 Å². The molecule has 1 aromatic heterocycles. The SMILES string of the molecule is CCNC(=O)[C@H](C)OC(=O)c1cc2c(s1)CC[C@@H](CC)C2. The molecule has 1 amide bonds. The Labute approximate surface area is 129 Å². The maximum absolute atomic E-state index is 12.1. The van der Waals surface area contributed by atoms with Gasteiger partial charge in [0.05, 0.1) is 0 Å². The third kappa shape index (κ3) is 3.84. The first-order valence-electron chi connectivity index (χ1n) is 7.65. The Morgan fingerprint density at radius 3 is 2.90 bits per heavy atom. The van der Waals surface area contributed by atoms with Crippen molar-refractivity contribution in [3.05, 3.63) is 21.4 Å². The van der Waals surface area contributed by atoms with Crippen LogP contribution in [0.2, 0.25) is 0 Å². The van der Waals surface area contributed by atoms with Gasteiger partial charge >= 0.3 is 5.97 Å². The van der Waals surface area contributed by atoms with Gasteiger partial charge in [0.25, 0.3) is 5.91 Å². The van der Waals surface area contributed by atoms with Gasteiger partial charge in [0.15, 0.2) is 6.10 Å². The average molecular weight is 309 g/mol. The maximum atomic E-state index is 12.1. The Bertz CT molecular complexity index is 524. The molecule has 2 atom stereocenters. The Balaban J connectivity index is 2.01. The first kappa shape index (κ1) is 16.0. The van der Waals surface area contributed by atoms with Crippen molar-refractivity contribution in [3.8, 4) is 0 Å². The van der Waals surface area contributed by atoms with Crippen molar-refractivity contribution in [2.45, 2.75) is 52.6 Å². The molecule has 0 unspecified atom stereocenters. The lowest BCUT2D eigenvalue weighted by Gasteiger charge is -2.19. The fraction of sp³-hybridized carbons (Fsp3) is 0.625. The van der Waals surface area contributed by atoms with Crippen molar-refractivity contribution in [3.63, 3.8) is 0 Å². The molecule has 0 saturated heterocycles. The Morgan fingerprint density at radius 1 is 1.48 bits per heavy atom. The second-order valence-corrected chi connectivity index (χ2v) is 6.66. The second kappa shape index (κ2) is 7.07. The number of hydrogen-bond acceptors (Lipinski definition) is 4. The Morgan fingerprint density at radius 2 is 2.24 bits per heavy atom. The van der Waals surface area contributed by atoms with Crippen LogP contribution in [0.4, 0.5) is 0 Å². The van der Waals surface area contributed by atoms with Gasteiger partial charge in [-0.2, -0.15) is 0 Å². The molecule has 4 nitrogen and oxygen atoms in total. The van der Waals surface area contributed by atoms with E-state index in [1.165, 1.54) is 34.6 Å². The second-order valence-electron chi connectivity index (χ2n) is 5.52. The summed E-state index contributed by atoms with van der Waals surface area (Å²) in [5, 5.41) is 2.65. The number of hydrogen-bond donors (Lipinski definition) is 1. The third-order valence-electron chi connectivity index (χ3n) is 3.97. The van der Waals surface area contributed by atoms with Crippen molar-refractivity contribution < 1.29 is 14.3 Å². The van der Waals surface area contributed by atoms with Crippen molar-refractivity contribution in [1.82, 2.24) is 5.32 Å². The quantitative estimate of drug-likeness (QED) is 0.851. The number of carbonyl (C=O) groups is 2. The highest BCUT2D eigenvalue weighted by atomic mass is 32.1. The van der Waals surface area contributed by atoms with Gasteiger partial charge in [0.1, 0.15) is 4.88 Å². The molecular formula is C16H23NO3S. The van der Waals surface area contributed by atoms with Gasteiger partial charge in [-0.05, 0) is 50.7 Å². The van der Waals surface area contributed by atoms with E-state index in [0.717, 1.165) is 18.8 Å². The predicted molar refractivity (Wildman–Crippen MR) is 83.7 cm³/mol. The first-order chi connectivity index (χ1) is 10.0. The van der Waals surface area contributed by atoms with E-state index in [1.807, 2.05) is 13.0 Å². The normalized spacial score (nSPS) is 18.7. The maximum Gasteiger partial charge on any atom is 0.349 e. The summed E-state index contributed by atoms with van der Waals surface area (Å²) < 4.78 is 5.24. The lowest BCUT2D eigenvalue weighted by Crippen LogP contribution is -2.35. The topological polar surface area (TPSA) is 55.4 Å². The number of esters is 1. The van der Waals surface area contributed by atoms with Gasteiger partial charge in [-0.3, -0.25) is 4.79 Å². The summed E-state index contributed by atoms with van der Waals surface area (Å²) in [6, 6.07) is 1.95. The van der Waals surface area contributed by atoms with Crippen LogP contribution in [0.3, 0.4) is 0 Å². The standard InChI is InChI=1S/C16H23NO3S/c1-4-11-6-7-13-12(8-11)9-14(21-13)16(19)20-10(3)15(18)17-5-2/h9-11H,4-8H2,1-3H3,(H,17,18)/t10-,11+/m0/s1. The van der Waals surface area contributed by atoms with Crippen LogP contribution in [0.1, 0.15) is 53.7 Å². The number of carbonyl (C=O) groups excluding carboxylic acids is 2. The van der Waals surface area contributed by atoms with Gasteiger partial charge in [0.2, 0.25) is 0 Å². The van der Waals surface area contributed by atoms with E-state index < -0.39 is 6.10 Å². The van der Waals surface area contributed by atoms with Crippen molar-refractivity contribution in [2.24, 2.45) is 5.92 Å². The van der Waals surface area contributed by atoms with Crippen LogP contribution in [-0.4, -0.2) is 24.5 Å². The molecule has 0 spiro atoms.